The van der Waals surface area contributed by atoms with Crippen LogP contribution in [0.5, 0.6) is 0 Å². The van der Waals surface area contributed by atoms with Crippen LogP contribution in [0.2, 0.25) is 0 Å². The molecule has 1 aromatic heterocycles. The van der Waals surface area contributed by atoms with Crippen LogP contribution in [0.25, 0.3) is 0 Å². The Morgan fingerprint density at radius 3 is 2.72 bits per heavy atom. The number of hydrogen-bond acceptors (Lipinski definition) is 4. The molecule has 0 aliphatic carbocycles. The first-order valence-corrected chi connectivity index (χ1v) is 7.19. The van der Waals surface area contributed by atoms with Crippen LogP contribution >= 0.6 is 27.3 Å². The molecule has 4 nitrogen and oxygen atoms in total. The number of thiophene rings is 1. The van der Waals surface area contributed by atoms with E-state index in [2.05, 4.69) is 26.7 Å². The number of methoxy groups -OCH3 is 1. The van der Waals surface area contributed by atoms with Gasteiger partial charge in [-0.3, -0.25) is 9.59 Å². The van der Waals surface area contributed by atoms with Crippen molar-refractivity contribution < 1.29 is 14.3 Å². The third-order valence-electron chi connectivity index (χ3n) is 2.46. The Morgan fingerprint density at radius 1 is 1.44 bits per heavy atom. The van der Waals surface area contributed by atoms with E-state index < -0.39 is 5.97 Å². The number of carbonyl (C=O) groups is 2. The van der Waals surface area contributed by atoms with E-state index in [1.54, 1.807) is 18.4 Å². The summed E-state index contributed by atoms with van der Waals surface area (Å²) in [6, 6.07) is 4.06. The summed E-state index contributed by atoms with van der Waals surface area (Å²) in [7, 11) is 2.93. The summed E-state index contributed by atoms with van der Waals surface area (Å²) in [5.74, 6) is -0.427. The molecule has 0 radical (unpaired) electrons. The average molecular weight is 334 g/mol. The van der Waals surface area contributed by atoms with Crippen molar-refractivity contribution >= 4 is 39.1 Å². The van der Waals surface area contributed by atoms with E-state index in [0.29, 0.717) is 6.42 Å². The largest absolute Gasteiger partial charge is 0.468 e. The van der Waals surface area contributed by atoms with Crippen molar-refractivity contribution in [1.29, 1.82) is 0 Å². The molecule has 0 spiro atoms. The first-order chi connectivity index (χ1) is 8.52. The molecule has 0 N–H and O–H groups in total. The van der Waals surface area contributed by atoms with E-state index in [-0.39, 0.29) is 12.5 Å². The molecule has 0 aromatic carbocycles. The highest BCUT2D eigenvalue weighted by Crippen LogP contribution is 2.23. The van der Waals surface area contributed by atoms with Gasteiger partial charge in [0.05, 0.1) is 10.9 Å². The number of esters is 1. The number of rotatable bonds is 6. The van der Waals surface area contributed by atoms with Gasteiger partial charge in [-0.25, -0.2) is 0 Å². The van der Waals surface area contributed by atoms with Crippen LogP contribution in [0.4, 0.5) is 0 Å². The number of aryl methyl sites for hydroxylation is 1. The maximum Gasteiger partial charge on any atom is 0.325 e. The molecule has 0 unspecified atom stereocenters. The van der Waals surface area contributed by atoms with Crippen LogP contribution in [0, 0.1) is 0 Å². The van der Waals surface area contributed by atoms with Crippen molar-refractivity contribution in [3.8, 4) is 0 Å². The number of likely N-dealkylation sites (N-methyl/N-ethyl adjacent to an activating group) is 1. The maximum absolute atomic E-state index is 11.7. The SMILES string of the molecule is COC(=O)CN(C)C(=O)CCCc1ccc(Br)s1. The smallest absolute Gasteiger partial charge is 0.325 e. The number of hydrogen-bond donors (Lipinski definition) is 0. The second-order valence-corrected chi connectivity index (χ2v) is 6.43. The van der Waals surface area contributed by atoms with Crippen molar-refractivity contribution in [1.82, 2.24) is 4.90 Å². The van der Waals surface area contributed by atoms with Gasteiger partial charge < -0.3 is 9.64 Å². The van der Waals surface area contributed by atoms with Gasteiger partial charge in [-0.2, -0.15) is 0 Å². The molecule has 1 aromatic rings. The Kier molecular flexibility index (Phi) is 6.35. The van der Waals surface area contributed by atoms with Gasteiger partial charge in [0.2, 0.25) is 5.91 Å². The van der Waals surface area contributed by atoms with Crippen LogP contribution in [0.3, 0.4) is 0 Å². The van der Waals surface area contributed by atoms with Gasteiger partial charge in [0.25, 0.3) is 0 Å². The normalized spacial score (nSPS) is 10.2. The second kappa shape index (κ2) is 7.53. The van der Waals surface area contributed by atoms with E-state index in [0.717, 1.165) is 16.6 Å². The lowest BCUT2D eigenvalue weighted by molar-refractivity contribution is -0.146. The minimum Gasteiger partial charge on any atom is -0.468 e. The fraction of sp³-hybridized carbons (Fsp3) is 0.500. The van der Waals surface area contributed by atoms with Gasteiger partial charge in [0.1, 0.15) is 6.54 Å². The van der Waals surface area contributed by atoms with E-state index in [1.165, 1.54) is 16.9 Å². The molecule has 18 heavy (non-hydrogen) atoms. The molecule has 1 heterocycles. The van der Waals surface area contributed by atoms with Gasteiger partial charge in [0.15, 0.2) is 0 Å². The lowest BCUT2D eigenvalue weighted by atomic mass is 10.2. The molecule has 0 saturated carbocycles. The van der Waals surface area contributed by atoms with E-state index in [9.17, 15) is 9.59 Å². The summed E-state index contributed by atoms with van der Waals surface area (Å²) in [6.07, 6.45) is 2.12. The van der Waals surface area contributed by atoms with Gasteiger partial charge in [0, 0.05) is 18.3 Å². The molecule has 0 aliphatic heterocycles. The predicted molar refractivity (Wildman–Crippen MR) is 74.6 cm³/mol. The lowest BCUT2D eigenvalue weighted by Crippen LogP contribution is -2.32. The number of ether oxygens (including phenoxy) is 1. The van der Waals surface area contributed by atoms with Crippen molar-refractivity contribution in [2.24, 2.45) is 0 Å². The van der Waals surface area contributed by atoms with Crippen molar-refractivity contribution in [2.75, 3.05) is 20.7 Å². The molecule has 6 heteroatoms. The number of amides is 1. The quantitative estimate of drug-likeness (QED) is 0.751. The molecule has 1 rings (SSSR count). The fourth-order valence-corrected chi connectivity index (χ4v) is 2.96. The highest BCUT2D eigenvalue weighted by Gasteiger charge is 2.12. The summed E-state index contributed by atoms with van der Waals surface area (Å²) in [4.78, 5) is 25.4. The predicted octanol–water partition coefficient (Wildman–Crippen LogP) is 2.46. The van der Waals surface area contributed by atoms with Crippen LogP contribution < -0.4 is 0 Å². The highest BCUT2D eigenvalue weighted by molar-refractivity contribution is 9.11. The molecule has 0 bridgehead atoms. The maximum atomic E-state index is 11.7. The molecule has 0 fully saturated rings. The van der Waals surface area contributed by atoms with E-state index in [1.807, 2.05) is 6.07 Å². The standard InChI is InChI=1S/C12H16BrNO3S/c1-14(8-12(16)17-2)11(15)5-3-4-9-6-7-10(13)18-9/h6-7H,3-5,8H2,1-2H3. The molecular weight excluding hydrogens is 318 g/mol. The number of carbonyl (C=O) groups excluding carboxylic acids is 2. The first kappa shape index (κ1) is 15.2. The van der Waals surface area contributed by atoms with Crippen molar-refractivity contribution in [3.63, 3.8) is 0 Å². The van der Waals surface area contributed by atoms with Gasteiger partial charge >= 0.3 is 5.97 Å². The number of nitrogens with zero attached hydrogens (tertiary/aromatic N) is 1. The molecular formula is C12H16BrNO3S. The summed E-state index contributed by atoms with van der Waals surface area (Å²) in [5, 5.41) is 0. The number of halogens is 1. The minimum atomic E-state index is -0.395. The van der Waals surface area contributed by atoms with Gasteiger partial charge in [-0.1, -0.05) is 0 Å². The summed E-state index contributed by atoms with van der Waals surface area (Å²) >= 11 is 5.08. The fourth-order valence-electron chi connectivity index (χ4n) is 1.44. The van der Waals surface area contributed by atoms with Crippen LogP contribution in [-0.4, -0.2) is 37.5 Å². The first-order valence-electron chi connectivity index (χ1n) is 5.58. The van der Waals surface area contributed by atoms with Crippen molar-refractivity contribution in [2.45, 2.75) is 19.3 Å². The second-order valence-electron chi connectivity index (χ2n) is 3.89. The topological polar surface area (TPSA) is 46.6 Å². The Morgan fingerprint density at radius 2 is 2.17 bits per heavy atom. The Bertz CT molecular complexity index is 419. The molecule has 0 aliphatic rings. The highest BCUT2D eigenvalue weighted by atomic mass is 79.9. The summed E-state index contributed by atoms with van der Waals surface area (Å²) in [5.41, 5.74) is 0. The zero-order valence-corrected chi connectivity index (χ0v) is 12.8. The molecule has 0 saturated heterocycles. The lowest BCUT2D eigenvalue weighted by Gasteiger charge is -2.15. The zero-order valence-electron chi connectivity index (χ0n) is 10.4. The average Bonchev–Trinajstić information content (AvgIpc) is 2.74. The summed E-state index contributed by atoms with van der Waals surface area (Å²) < 4.78 is 5.61. The Balaban J connectivity index is 2.26. The van der Waals surface area contributed by atoms with Gasteiger partial charge in [-0.05, 0) is 40.9 Å². The molecule has 0 atom stereocenters. The zero-order chi connectivity index (χ0) is 13.5. The van der Waals surface area contributed by atoms with E-state index >= 15 is 0 Å². The van der Waals surface area contributed by atoms with E-state index in [4.69, 9.17) is 0 Å². The van der Waals surface area contributed by atoms with Crippen LogP contribution in [0.15, 0.2) is 15.9 Å². The van der Waals surface area contributed by atoms with Gasteiger partial charge in [-0.15, -0.1) is 11.3 Å². The van der Waals surface area contributed by atoms with Crippen LogP contribution in [-0.2, 0) is 20.7 Å². The third kappa shape index (κ3) is 5.18. The third-order valence-corrected chi connectivity index (χ3v) is 4.15. The summed E-state index contributed by atoms with van der Waals surface area (Å²) in [6.45, 7) is 0.0138. The monoisotopic (exact) mass is 333 g/mol. The Hall–Kier alpha value is -0.880. The van der Waals surface area contributed by atoms with Crippen molar-refractivity contribution in [3.05, 3.63) is 20.8 Å². The molecule has 1 amide bonds. The van der Waals surface area contributed by atoms with Crippen LogP contribution in [0.1, 0.15) is 17.7 Å². The minimum absolute atomic E-state index is 0.0138. The molecule has 100 valence electrons. The Labute approximate surface area is 119 Å².